The largest absolute Gasteiger partial charge is 0.383 e. The third kappa shape index (κ3) is 4.01. The van der Waals surface area contributed by atoms with Crippen molar-refractivity contribution in [1.82, 2.24) is 9.97 Å². The summed E-state index contributed by atoms with van der Waals surface area (Å²) in [4.78, 5) is 20.2. The van der Waals surface area contributed by atoms with E-state index in [1.807, 2.05) is 6.07 Å². The van der Waals surface area contributed by atoms with Gasteiger partial charge in [-0.2, -0.15) is 5.26 Å². The highest BCUT2D eigenvalue weighted by Crippen LogP contribution is 2.14. The topological polar surface area (TPSA) is 99.9 Å². The van der Waals surface area contributed by atoms with E-state index in [9.17, 15) is 4.79 Å². The normalized spacial score (nSPS) is 9.82. The Kier molecular flexibility index (Phi) is 5.40. The number of hydrogen-bond donors (Lipinski definition) is 2. The van der Waals surface area contributed by atoms with Gasteiger partial charge in [-0.1, -0.05) is 12.1 Å². The van der Waals surface area contributed by atoms with E-state index in [2.05, 4.69) is 20.6 Å². The summed E-state index contributed by atoms with van der Waals surface area (Å²) >= 11 is 0. The van der Waals surface area contributed by atoms with Crippen LogP contribution in [0.25, 0.3) is 0 Å². The van der Waals surface area contributed by atoms with Crippen LogP contribution in [-0.2, 0) is 4.74 Å². The predicted molar refractivity (Wildman–Crippen MR) is 81.5 cm³/mol. The summed E-state index contributed by atoms with van der Waals surface area (Å²) in [5.74, 6) is 0.143. The first kappa shape index (κ1) is 15.4. The molecule has 1 amide bonds. The fourth-order valence-electron chi connectivity index (χ4n) is 1.69. The number of anilines is 2. The molecule has 0 spiro atoms. The lowest BCUT2D eigenvalue weighted by atomic mass is 10.2. The molecule has 0 saturated heterocycles. The molecule has 0 unspecified atom stereocenters. The fraction of sp³-hybridized carbons (Fsp3) is 0.200. The Morgan fingerprint density at radius 2 is 2.14 bits per heavy atom. The van der Waals surface area contributed by atoms with E-state index < -0.39 is 5.91 Å². The fourth-order valence-corrected chi connectivity index (χ4v) is 1.69. The number of rotatable bonds is 6. The molecule has 0 aliphatic carbocycles. The number of aromatic nitrogens is 2. The van der Waals surface area contributed by atoms with Crippen LogP contribution in [0.5, 0.6) is 0 Å². The van der Waals surface area contributed by atoms with E-state index in [0.717, 1.165) is 0 Å². The average Bonchev–Trinajstić information content (AvgIpc) is 2.56. The Balaban J connectivity index is 2.02. The summed E-state index contributed by atoms with van der Waals surface area (Å²) in [7, 11) is 1.61. The van der Waals surface area contributed by atoms with Crippen LogP contribution in [0.3, 0.4) is 0 Å². The van der Waals surface area contributed by atoms with Gasteiger partial charge in [0.25, 0.3) is 5.91 Å². The summed E-state index contributed by atoms with van der Waals surface area (Å²) in [6.45, 7) is 1.15. The summed E-state index contributed by atoms with van der Waals surface area (Å²) in [5, 5.41) is 14.6. The summed E-state index contributed by atoms with van der Waals surface area (Å²) in [5.41, 5.74) is 1.01. The van der Waals surface area contributed by atoms with Crippen molar-refractivity contribution in [3.63, 3.8) is 0 Å². The van der Waals surface area contributed by atoms with Crippen LogP contribution >= 0.6 is 0 Å². The van der Waals surface area contributed by atoms with E-state index in [1.54, 1.807) is 31.4 Å². The van der Waals surface area contributed by atoms with Crippen molar-refractivity contribution in [3.05, 3.63) is 47.9 Å². The zero-order chi connectivity index (χ0) is 15.8. The van der Waals surface area contributed by atoms with Crippen molar-refractivity contribution < 1.29 is 9.53 Å². The van der Waals surface area contributed by atoms with Crippen molar-refractivity contribution >= 4 is 17.4 Å². The second-order valence-electron chi connectivity index (χ2n) is 4.32. The maximum Gasteiger partial charge on any atom is 0.275 e. The van der Waals surface area contributed by atoms with Gasteiger partial charge in [0, 0.05) is 13.7 Å². The zero-order valence-electron chi connectivity index (χ0n) is 12.0. The van der Waals surface area contributed by atoms with Crippen molar-refractivity contribution in [2.75, 3.05) is 30.9 Å². The number of amides is 1. The first-order valence-electron chi connectivity index (χ1n) is 6.60. The first-order chi connectivity index (χ1) is 10.7. The Bertz CT molecular complexity index is 679. The molecule has 1 aromatic heterocycles. The number of carbonyl (C=O) groups is 1. The van der Waals surface area contributed by atoms with Crippen molar-refractivity contribution in [1.29, 1.82) is 5.26 Å². The molecule has 7 heteroatoms. The van der Waals surface area contributed by atoms with Crippen LogP contribution < -0.4 is 10.6 Å². The molecule has 2 rings (SSSR count). The lowest BCUT2D eigenvalue weighted by Crippen LogP contribution is -2.16. The monoisotopic (exact) mass is 297 g/mol. The molecule has 0 aliphatic rings. The average molecular weight is 297 g/mol. The van der Waals surface area contributed by atoms with E-state index >= 15 is 0 Å². The Morgan fingerprint density at radius 1 is 1.32 bits per heavy atom. The standard InChI is InChI=1S/C15H15N5O2/c1-22-7-6-17-14-10-18-13(9-19-14)15(21)20-12-5-3-2-4-11(12)8-16/h2-5,9-10H,6-7H2,1H3,(H,17,19)(H,20,21). The number of nitriles is 1. The van der Waals surface area contributed by atoms with Gasteiger partial charge in [0.1, 0.15) is 17.6 Å². The number of hydrogen-bond acceptors (Lipinski definition) is 6. The smallest absolute Gasteiger partial charge is 0.275 e. The molecular formula is C15H15N5O2. The van der Waals surface area contributed by atoms with Gasteiger partial charge in [-0.15, -0.1) is 0 Å². The Hall–Kier alpha value is -2.98. The summed E-state index contributed by atoms with van der Waals surface area (Å²) in [6, 6.07) is 8.78. The van der Waals surface area contributed by atoms with Gasteiger partial charge < -0.3 is 15.4 Å². The van der Waals surface area contributed by atoms with Gasteiger partial charge in [-0.05, 0) is 12.1 Å². The van der Waals surface area contributed by atoms with Gasteiger partial charge in [0.15, 0.2) is 0 Å². The molecule has 0 atom stereocenters. The maximum absolute atomic E-state index is 12.1. The molecule has 0 aliphatic heterocycles. The maximum atomic E-state index is 12.1. The minimum atomic E-state index is -0.418. The summed E-state index contributed by atoms with van der Waals surface area (Å²) in [6.07, 6.45) is 2.85. The molecule has 112 valence electrons. The second-order valence-corrected chi connectivity index (χ2v) is 4.32. The number of ether oxygens (including phenoxy) is 1. The van der Waals surface area contributed by atoms with Gasteiger partial charge in [-0.25, -0.2) is 9.97 Å². The number of para-hydroxylation sites is 1. The lowest BCUT2D eigenvalue weighted by Gasteiger charge is -2.07. The van der Waals surface area contributed by atoms with Gasteiger partial charge in [0.2, 0.25) is 0 Å². The number of nitrogens with one attached hydrogen (secondary N) is 2. The number of carbonyl (C=O) groups excluding carboxylic acids is 1. The molecule has 0 bridgehead atoms. The summed E-state index contributed by atoms with van der Waals surface area (Å²) < 4.78 is 4.91. The van der Waals surface area contributed by atoms with E-state index in [4.69, 9.17) is 10.00 Å². The Morgan fingerprint density at radius 3 is 2.82 bits per heavy atom. The molecule has 0 saturated carbocycles. The molecule has 0 fully saturated rings. The molecular weight excluding hydrogens is 282 g/mol. The third-order valence-electron chi connectivity index (χ3n) is 2.79. The van der Waals surface area contributed by atoms with Crippen LogP contribution in [-0.4, -0.2) is 36.1 Å². The minimum Gasteiger partial charge on any atom is -0.383 e. The van der Waals surface area contributed by atoms with Crippen molar-refractivity contribution in [2.24, 2.45) is 0 Å². The number of methoxy groups -OCH3 is 1. The van der Waals surface area contributed by atoms with Gasteiger partial charge >= 0.3 is 0 Å². The van der Waals surface area contributed by atoms with Crippen LogP contribution in [0.2, 0.25) is 0 Å². The SMILES string of the molecule is COCCNc1cnc(C(=O)Nc2ccccc2C#N)cn1. The van der Waals surface area contributed by atoms with Gasteiger partial charge in [-0.3, -0.25) is 4.79 Å². The first-order valence-corrected chi connectivity index (χ1v) is 6.60. The second kappa shape index (κ2) is 7.71. The molecule has 1 heterocycles. The minimum absolute atomic E-state index is 0.171. The van der Waals surface area contributed by atoms with Crippen molar-refractivity contribution in [3.8, 4) is 6.07 Å². The molecule has 22 heavy (non-hydrogen) atoms. The highest BCUT2D eigenvalue weighted by atomic mass is 16.5. The molecule has 2 aromatic rings. The van der Waals surface area contributed by atoms with Crippen LogP contribution in [0.1, 0.15) is 16.1 Å². The third-order valence-corrected chi connectivity index (χ3v) is 2.79. The highest BCUT2D eigenvalue weighted by molar-refractivity contribution is 6.03. The van der Waals surface area contributed by atoms with Crippen LogP contribution in [0.15, 0.2) is 36.7 Å². The quantitative estimate of drug-likeness (QED) is 0.786. The Labute approximate surface area is 128 Å². The highest BCUT2D eigenvalue weighted by Gasteiger charge is 2.10. The van der Waals surface area contributed by atoms with Crippen molar-refractivity contribution in [2.45, 2.75) is 0 Å². The molecule has 7 nitrogen and oxygen atoms in total. The van der Waals surface area contributed by atoms with E-state index in [0.29, 0.717) is 30.2 Å². The number of nitrogens with zero attached hydrogens (tertiary/aromatic N) is 3. The lowest BCUT2D eigenvalue weighted by molar-refractivity contribution is 0.102. The van der Waals surface area contributed by atoms with E-state index in [1.165, 1.54) is 12.4 Å². The predicted octanol–water partition coefficient (Wildman–Crippen LogP) is 1.66. The zero-order valence-corrected chi connectivity index (χ0v) is 12.0. The van der Waals surface area contributed by atoms with E-state index in [-0.39, 0.29) is 5.69 Å². The van der Waals surface area contributed by atoms with Crippen LogP contribution in [0.4, 0.5) is 11.5 Å². The van der Waals surface area contributed by atoms with Gasteiger partial charge in [0.05, 0.1) is 30.3 Å². The van der Waals surface area contributed by atoms with Crippen LogP contribution in [0, 0.1) is 11.3 Å². The molecule has 0 radical (unpaired) electrons. The molecule has 1 aromatic carbocycles. The molecule has 2 N–H and O–H groups in total. The number of benzene rings is 1.